The number of hydrogen-bond acceptors (Lipinski definition) is 7. The van der Waals surface area contributed by atoms with Gasteiger partial charge in [0.25, 0.3) is 0 Å². The van der Waals surface area contributed by atoms with Gasteiger partial charge in [0.15, 0.2) is 11.5 Å². The Kier molecular flexibility index (Phi) is 5.74. The van der Waals surface area contributed by atoms with Crippen LogP contribution >= 0.6 is 0 Å². The number of methoxy groups -OCH3 is 2. The normalized spacial score (nSPS) is 11.0. The number of aliphatic carboxylic acids is 1. The number of carboxylic acids is 1. The second-order valence-electron chi connectivity index (χ2n) is 6.56. The first-order valence-corrected chi connectivity index (χ1v) is 8.75. The first-order chi connectivity index (χ1) is 13.8. The van der Waals surface area contributed by atoms with Gasteiger partial charge in [0.2, 0.25) is 0 Å². The summed E-state index contributed by atoms with van der Waals surface area (Å²) in [5, 5.41) is 19.8. The van der Waals surface area contributed by atoms with Crippen LogP contribution in [0.3, 0.4) is 0 Å². The number of hydrogen-bond donors (Lipinski definition) is 2. The minimum atomic E-state index is -0.996. The molecule has 0 amide bonds. The summed E-state index contributed by atoms with van der Waals surface area (Å²) in [5.74, 6) is -0.0533. The molecule has 2 N–H and O–H groups in total. The molecule has 0 radical (unpaired) electrons. The van der Waals surface area contributed by atoms with Gasteiger partial charge in [-0.1, -0.05) is 6.07 Å². The molecule has 8 nitrogen and oxygen atoms in total. The Morgan fingerprint density at radius 1 is 1.10 bits per heavy atom. The maximum absolute atomic E-state index is 12.7. The number of fused-ring (bicyclic) bond motifs is 1. The number of nitrogens with zero attached hydrogens (tertiary/aromatic N) is 1. The van der Waals surface area contributed by atoms with Gasteiger partial charge in [-0.15, -0.1) is 0 Å². The lowest BCUT2D eigenvalue weighted by atomic mass is 10.0. The Morgan fingerprint density at radius 3 is 2.48 bits per heavy atom. The Bertz CT molecular complexity index is 1120. The van der Waals surface area contributed by atoms with E-state index in [0.29, 0.717) is 33.6 Å². The number of carbonyl (C=O) groups is 1. The zero-order valence-corrected chi connectivity index (χ0v) is 16.3. The molecular formula is C21H21NO7. The van der Waals surface area contributed by atoms with Crippen LogP contribution in [-0.2, 0) is 11.3 Å². The maximum atomic E-state index is 12.7. The summed E-state index contributed by atoms with van der Waals surface area (Å²) in [5.41, 5.74) is 0.904. The number of phenolic OH excluding ortho intramolecular Hbond substituents is 1. The molecule has 0 spiro atoms. The highest BCUT2D eigenvalue weighted by atomic mass is 16.5. The molecule has 2 aromatic carbocycles. The molecule has 3 aromatic rings. The SMILES string of the molecule is COc1ccc(-c2cc3ccc(O)c(CN(C)CC(=O)O)c3oc2=O)cc1OC. The number of benzene rings is 2. The van der Waals surface area contributed by atoms with E-state index in [1.807, 2.05) is 0 Å². The van der Waals surface area contributed by atoms with Gasteiger partial charge < -0.3 is 24.1 Å². The Labute approximate surface area is 166 Å². The highest BCUT2D eigenvalue weighted by Crippen LogP contribution is 2.33. The first-order valence-electron chi connectivity index (χ1n) is 8.75. The molecule has 0 fully saturated rings. The molecular weight excluding hydrogens is 378 g/mol. The number of carboxylic acid groups (broad SMARTS) is 1. The summed E-state index contributed by atoms with van der Waals surface area (Å²) in [6.45, 7) is -0.113. The van der Waals surface area contributed by atoms with E-state index >= 15 is 0 Å². The number of aromatic hydroxyl groups is 1. The van der Waals surface area contributed by atoms with E-state index in [2.05, 4.69) is 0 Å². The van der Waals surface area contributed by atoms with E-state index in [9.17, 15) is 14.7 Å². The lowest BCUT2D eigenvalue weighted by Gasteiger charge is -2.16. The van der Waals surface area contributed by atoms with Gasteiger partial charge in [-0.25, -0.2) is 4.79 Å². The standard InChI is InChI=1S/C21H21NO7/c1-22(11-19(24)25)10-15-16(23)6-4-13-8-14(21(26)29-20(13)15)12-5-7-17(27-2)18(9-12)28-3/h4-9,23H,10-11H2,1-3H3,(H,24,25). The van der Waals surface area contributed by atoms with Crippen molar-refractivity contribution in [2.24, 2.45) is 0 Å². The molecule has 152 valence electrons. The van der Waals surface area contributed by atoms with Crippen molar-refractivity contribution in [1.29, 1.82) is 0 Å². The summed E-state index contributed by atoms with van der Waals surface area (Å²) in [6, 6.07) is 9.90. The maximum Gasteiger partial charge on any atom is 0.344 e. The monoisotopic (exact) mass is 399 g/mol. The molecule has 0 aliphatic rings. The summed E-state index contributed by atoms with van der Waals surface area (Å²) in [7, 11) is 4.63. The molecule has 0 aliphatic carbocycles. The molecule has 1 heterocycles. The van der Waals surface area contributed by atoms with Crippen molar-refractivity contribution in [1.82, 2.24) is 4.90 Å². The van der Waals surface area contributed by atoms with Crippen LogP contribution in [0.25, 0.3) is 22.1 Å². The van der Waals surface area contributed by atoms with E-state index < -0.39 is 11.6 Å². The molecule has 0 atom stereocenters. The minimum Gasteiger partial charge on any atom is -0.507 e. The fourth-order valence-electron chi connectivity index (χ4n) is 3.15. The van der Waals surface area contributed by atoms with Crippen molar-refractivity contribution in [2.75, 3.05) is 27.8 Å². The van der Waals surface area contributed by atoms with Crippen LogP contribution in [0.1, 0.15) is 5.56 Å². The van der Waals surface area contributed by atoms with Gasteiger partial charge >= 0.3 is 11.6 Å². The van der Waals surface area contributed by atoms with Crippen LogP contribution < -0.4 is 15.1 Å². The summed E-state index contributed by atoms with van der Waals surface area (Å²) >= 11 is 0. The molecule has 29 heavy (non-hydrogen) atoms. The lowest BCUT2D eigenvalue weighted by Crippen LogP contribution is -2.25. The third-order valence-electron chi connectivity index (χ3n) is 4.51. The van der Waals surface area contributed by atoms with Crippen LogP contribution in [0.4, 0.5) is 0 Å². The second kappa shape index (κ2) is 8.24. The van der Waals surface area contributed by atoms with Gasteiger partial charge in [0, 0.05) is 11.9 Å². The van der Waals surface area contributed by atoms with E-state index in [4.69, 9.17) is 19.0 Å². The zero-order chi connectivity index (χ0) is 21.1. The van der Waals surface area contributed by atoms with Crippen molar-refractivity contribution >= 4 is 16.9 Å². The van der Waals surface area contributed by atoms with Crippen molar-refractivity contribution in [3.63, 3.8) is 0 Å². The van der Waals surface area contributed by atoms with E-state index in [1.165, 1.54) is 25.2 Å². The van der Waals surface area contributed by atoms with E-state index in [-0.39, 0.29) is 24.4 Å². The molecule has 0 saturated carbocycles. The largest absolute Gasteiger partial charge is 0.507 e. The Morgan fingerprint density at radius 2 is 1.83 bits per heavy atom. The quantitative estimate of drug-likeness (QED) is 0.584. The zero-order valence-electron chi connectivity index (χ0n) is 16.3. The van der Waals surface area contributed by atoms with Crippen LogP contribution in [0, 0.1) is 0 Å². The third kappa shape index (κ3) is 4.17. The van der Waals surface area contributed by atoms with Crippen LogP contribution in [0.2, 0.25) is 0 Å². The van der Waals surface area contributed by atoms with Gasteiger partial charge in [-0.2, -0.15) is 0 Å². The molecule has 1 aromatic heterocycles. The topological polar surface area (TPSA) is 109 Å². The van der Waals surface area contributed by atoms with Crippen molar-refractivity contribution in [3.8, 4) is 28.4 Å². The molecule has 8 heteroatoms. The second-order valence-corrected chi connectivity index (χ2v) is 6.56. The van der Waals surface area contributed by atoms with Gasteiger partial charge in [0.1, 0.15) is 11.3 Å². The predicted molar refractivity (Wildman–Crippen MR) is 107 cm³/mol. The fourth-order valence-corrected chi connectivity index (χ4v) is 3.15. The van der Waals surface area contributed by atoms with Crippen LogP contribution in [-0.4, -0.2) is 48.9 Å². The number of phenols is 1. The van der Waals surface area contributed by atoms with Crippen molar-refractivity contribution in [3.05, 3.63) is 52.4 Å². The van der Waals surface area contributed by atoms with Gasteiger partial charge in [0.05, 0.1) is 31.9 Å². The van der Waals surface area contributed by atoms with Crippen LogP contribution in [0.5, 0.6) is 17.2 Å². The Balaban J connectivity index is 2.10. The number of ether oxygens (including phenoxy) is 2. The molecule has 0 aliphatic heterocycles. The average Bonchev–Trinajstić information content (AvgIpc) is 2.69. The van der Waals surface area contributed by atoms with Crippen LogP contribution in [0.15, 0.2) is 45.6 Å². The molecule has 0 unspecified atom stereocenters. The molecule has 3 rings (SSSR count). The smallest absolute Gasteiger partial charge is 0.344 e. The van der Waals surface area contributed by atoms with Crippen molar-refractivity contribution in [2.45, 2.75) is 6.54 Å². The minimum absolute atomic E-state index is 0.0724. The molecule has 0 bridgehead atoms. The summed E-state index contributed by atoms with van der Waals surface area (Å²) in [6.07, 6.45) is 0. The third-order valence-corrected chi connectivity index (χ3v) is 4.51. The summed E-state index contributed by atoms with van der Waals surface area (Å²) < 4.78 is 16.0. The molecule has 0 saturated heterocycles. The van der Waals surface area contributed by atoms with E-state index in [1.54, 1.807) is 37.4 Å². The highest BCUT2D eigenvalue weighted by Gasteiger charge is 2.17. The van der Waals surface area contributed by atoms with Crippen molar-refractivity contribution < 1.29 is 28.9 Å². The van der Waals surface area contributed by atoms with Gasteiger partial charge in [-0.3, -0.25) is 9.69 Å². The number of rotatable bonds is 7. The van der Waals surface area contributed by atoms with Gasteiger partial charge in [-0.05, 0) is 42.9 Å². The first kappa shape index (κ1) is 20.2. The number of likely N-dealkylation sites (N-methyl/N-ethyl adjacent to an activating group) is 1. The van der Waals surface area contributed by atoms with E-state index in [0.717, 1.165) is 0 Å². The average molecular weight is 399 g/mol. The lowest BCUT2D eigenvalue weighted by molar-refractivity contribution is -0.138. The highest BCUT2D eigenvalue weighted by molar-refractivity contribution is 5.86. The predicted octanol–water partition coefficient (Wildman–Crippen LogP) is 2.70. The Hall–Kier alpha value is -3.52. The fraction of sp³-hybridized carbons (Fsp3) is 0.238. The summed E-state index contributed by atoms with van der Waals surface area (Å²) in [4.78, 5) is 25.1.